The Kier molecular flexibility index (Phi) is 3.40. The van der Waals surface area contributed by atoms with Gasteiger partial charge in [0.1, 0.15) is 0 Å². The zero-order chi connectivity index (χ0) is 12.3. The van der Waals surface area contributed by atoms with Crippen molar-refractivity contribution in [3.8, 4) is 0 Å². The summed E-state index contributed by atoms with van der Waals surface area (Å²) in [6.07, 6.45) is 3.54. The summed E-state index contributed by atoms with van der Waals surface area (Å²) < 4.78 is 0. The van der Waals surface area contributed by atoms with Crippen molar-refractivity contribution < 1.29 is 5.11 Å². The van der Waals surface area contributed by atoms with E-state index in [1.54, 1.807) is 6.08 Å². The number of aliphatic hydroxyl groups is 1. The molecule has 2 rings (SSSR count). The molecule has 1 heteroatoms. The van der Waals surface area contributed by atoms with Crippen LogP contribution in [0.1, 0.15) is 17.2 Å². The molecular weight excluding hydrogens is 208 g/mol. The van der Waals surface area contributed by atoms with Crippen molar-refractivity contribution in [1.82, 2.24) is 0 Å². The standard InChI is InChI=1S/C16H16O/c1-3-7-14-10-12-8-5-6-9-13(12)11-15(14)16(17)4-2/h3-6,8-11,16-17H,1-2,7H2. The first-order valence-electron chi connectivity index (χ1n) is 5.69. The Labute approximate surface area is 102 Å². The van der Waals surface area contributed by atoms with Gasteiger partial charge in [-0.25, -0.2) is 0 Å². The van der Waals surface area contributed by atoms with Gasteiger partial charge in [-0.15, -0.1) is 13.2 Å². The van der Waals surface area contributed by atoms with Crippen LogP contribution in [0.25, 0.3) is 10.8 Å². The van der Waals surface area contributed by atoms with Crippen molar-refractivity contribution in [2.24, 2.45) is 0 Å². The fourth-order valence-corrected chi connectivity index (χ4v) is 2.04. The molecule has 0 amide bonds. The summed E-state index contributed by atoms with van der Waals surface area (Å²) in [5.74, 6) is 0. The Morgan fingerprint density at radius 1 is 1.12 bits per heavy atom. The predicted octanol–water partition coefficient (Wildman–Crippen LogP) is 3.79. The van der Waals surface area contributed by atoms with Crippen molar-refractivity contribution >= 4 is 10.8 Å². The lowest BCUT2D eigenvalue weighted by Gasteiger charge is -2.13. The minimum absolute atomic E-state index is 0.616. The van der Waals surface area contributed by atoms with Gasteiger partial charge in [-0.3, -0.25) is 0 Å². The van der Waals surface area contributed by atoms with Crippen LogP contribution in [0.2, 0.25) is 0 Å². The lowest BCUT2D eigenvalue weighted by atomic mass is 9.95. The molecule has 1 nitrogen and oxygen atoms in total. The molecular formula is C16H16O. The number of allylic oxidation sites excluding steroid dienone is 1. The molecule has 0 saturated heterocycles. The number of aliphatic hydroxyl groups excluding tert-OH is 1. The van der Waals surface area contributed by atoms with E-state index in [-0.39, 0.29) is 0 Å². The maximum atomic E-state index is 9.94. The van der Waals surface area contributed by atoms with Crippen molar-refractivity contribution in [3.05, 3.63) is 72.8 Å². The molecule has 0 aromatic heterocycles. The lowest BCUT2D eigenvalue weighted by molar-refractivity contribution is 0.228. The van der Waals surface area contributed by atoms with Crippen molar-refractivity contribution in [2.45, 2.75) is 12.5 Å². The molecule has 1 unspecified atom stereocenters. The van der Waals surface area contributed by atoms with Crippen LogP contribution in [0.15, 0.2) is 61.7 Å². The van der Waals surface area contributed by atoms with E-state index < -0.39 is 6.10 Å². The molecule has 0 heterocycles. The maximum Gasteiger partial charge on any atom is 0.0972 e. The molecule has 0 spiro atoms. The highest BCUT2D eigenvalue weighted by atomic mass is 16.3. The van der Waals surface area contributed by atoms with Gasteiger partial charge in [0.2, 0.25) is 0 Å². The molecule has 0 radical (unpaired) electrons. The Hall–Kier alpha value is -1.86. The topological polar surface area (TPSA) is 20.2 Å². The first kappa shape index (κ1) is 11.6. The van der Waals surface area contributed by atoms with Crippen LogP contribution < -0.4 is 0 Å². The molecule has 17 heavy (non-hydrogen) atoms. The van der Waals surface area contributed by atoms with Crippen LogP contribution in [-0.2, 0) is 6.42 Å². The summed E-state index contributed by atoms with van der Waals surface area (Å²) in [5.41, 5.74) is 2.02. The molecule has 0 aliphatic heterocycles. The molecule has 0 saturated carbocycles. The summed E-state index contributed by atoms with van der Waals surface area (Å²) in [6.45, 7) is 7.40. The van der Waals surface area contributed by atoms with Gasteiger partial charge in [0.05, 0.1) is 6.10 Å². The molecule has 0 fully saturated rings. The Bertz CT molecular complexity index is 554. The Morgan fingerprint density at radius 2 is 1.76 bits per heavy atom. The van der Waals surface area contributed by atoms with E-state index in [0.29, 0.717) is 0 Å². The Balaban J connectivity index is 2.65. The summed E-state index contributed by atoms with van der Waals surface area (Å²) in [7, 11) is 0. The van der Waals surface area contributed by atoms with Crippen molar-refractivity contribution in [3.63, 3.8) is 0 Å². The predicted molar refractivity (Wildman–Crippen MR) is 73.0 cm³/mol. The van der Waals surface area contributed by atoms with Crippen molar-refractivity contribution in [2.75, 3.05) is 0 Å². The molecule has 1 N–H and O–H groups in total. The summed E-state index contributed by atoms with van der Waals surface area (Å²) in [6, 6.07) is 12.3. The monoisotopic (exact) mass is 224 g/mol. The van der Waals surface area contributed by atoms with E-state index >= 15 is 0 Å². The zero-order valence-electron chi connectivity index (χ0n) is 9.76. The third-order valence-electron chi connectivity index (χ3n) is 2.91. The van der Waals surface area contributed by atoms with E-state index in [1.165, 1.54) is 5.39 Å². The molecule has 86 valence electrons. The Morgan fingerprint density at radius 3 is 2.35 bits per heavy atom. The highest BCUT2D eigenvalue weighted by molar-refractivity contribution is 5.84. The van der Waals surface area contributed by atoms with Gasteiger partial charge in [-0.05, 0) is 34.4 Å². The van der Waals surface area contributed by atoms with Crippen molar-refractivity contribution in [1.29, 1.82) is 0 Å². The van der Waals surface area contributed by atoms with Crippen LogP contribution >= 0.6 is 0 Å². The third-order valence-corrected chi connectivity index (χ3v) is 2.91. The van der Waals surface area contributed by atoms with E-state index in [4.69, 9.17) is 0 Å². The van der Waals surface area contributed by atoms with Gasteiger partial charge in [-0.1, -0.05) is 42.5 Å². The zero-order valence-corrected chi connectivity index (χ0v) is 9.76. The van der Waals surface area contributed by atoms with E-state index in [0.717, 1.165) is 22.9 Å². The number of rotatable bonds is 4. The van der Waals surface area contributed by atoms with Crippen LogP contribution in [0.3, 0.4) is 0 Å². The molecule has 2 aromatic rings. The first-order chi connectivity index (χ1) is 8.26. The van der Waals surface area contributed by atoms with Gasteiger partial charge in [-0.2, -0.15) is 0 Å². The molecule has 2 aromatic carbocycles. The van der Waals surface area contributed by atoms with Gasteiger partial charge >= 0.3 is 0 Å². The molecule has 0 aliphatic carbocycles. The fourth-order valence-electron chi connectivity index (χ4n) is 2.04. The van der Waals surface area contributed by atoms with Crippen LogP contribution in [0.5, 0.6) is 0 Å². The highest BCUT2D eigenvalue weighted by Crippen LogP contribution is 2.26. The largest absolute Gasteiger partial charge is 0.384 e. The van der Waals surface area contributed by atoms with E-state index in [9.17, 15) is 5.11 Å². The molecule has 0 aliphatic rings. The van der Waals surface area contributed by atoms with Crippen LogP contribution in [-0.4, -0.2) is 5.11 Å². The van der Waals surface area contributed by atoms with E-state index in [1.807, 2.05) is 30.3 Å². The lowest BCUT2D eigenvalue weighted by Crippen LogP contribution is -1.99. The maximum absolute atomic E-state index is 9.94. The molecule has 0 bridgehead atoms. The summed E-state index contributed by atoms with van der Waals surface area (Å²) in [4.78, 5) is 0. The fraction of sp³-hybridized carbons (Fsp3) is 0.125. The van der Waals surface area contributed by atoms with Gasteiger partial charge in [0.25, 0.3) is 0 Å². The minimum atomic E-state index is -0.616. The quantitative estimate of drug-likeness (QED) is 0.783. The summed E-state index contributed by atoms with van der Waals surface area (Å²) >= 11 is 0. The summed E-state index contributed by atoms with van der Waals surface area (Å²) in [5, 5.41) is 12.3. The number of hydrogen-bond donors (Lipinski definition) is 1. The second-order valence-corrected chi connectivity index (χ2v) is 4.07. The SMILES string of the molecule is C=CCc1cc2ccccc2cc1C(O)C=C. The first-order valence-corrected chi connectivity index (χ1v) is 5.69. The number of benzene rings is 2. The number of fused-ring (bicyclic) bond motifs is 1. The van der Waals surface area contributed by atoms with Crippen LogP contribution in [0.4, 0.5) is 0 Å². The normalized spacial score (nSPS) is 12.3. The van der Waals surface area contributed by atoms with Crippen LogP contribution in [0, 0.1) is 0 Å². The van der Waals surface area contributed by atoms with Gasteiger partial charge in [0, 0.05) is 0 Å². The average molecular weight is 224 g/mol. The smallest absolute Gasteiger partial charge is 0.0972 e. The second kappa shape index (κ2) is 4.98. The third kappa shape index (κ3) is 2.29. The second-order valence-electron chi connectivity index (χ2n) is 4.07. The van der Waals surface area contributed by atoms with E-state index in [2.05, 4.69) is 25.3 Å². The van der Waals surface area contributed by atoms with Gasteiger partial charge in [0.15, 0.2) is 0 Å². The average Bonchev–Trinajstić information content (AvgIpc) is 2.37. The highest BCUT2D eigenvalue weighted by Gasteiger charge is 2.09. The molecule has 1 atom stereocenters. The minimum Gasteiger partial charge on any atom is -0.384 e. The number of hydrogen-bond acceptors (Lipinski definition) is 1. The van der Waals surface area contributed by atoms with Gasteiger partial charge < -0.3 is 5.11 Å².